The predicted molar refractivity (Wildman–Crippen MR) is 79.6 cm³/mol. The Morgan fingerprint density at radius 3 is 2.90 bits per heavy atom. The predicted octanol–water partition coefficient (Wildman–Crippen LogP) is 2.73. The Bertz CT molecular complexity index is 627. The van der Waals surface area contributed by atoms with Crippen molar-refractivity contribution >= 4 is 33.0 Å². The van der Waals surface area contributed by atoms with Crippen LogP contribution in [-0.4, -0.2) is 38.1 Å². The lowest BCUT2D eigenvalue weighted by Gasteiger charge is -2.16. The normalized spacial score (nSPS) is 10.9. The molecule has 20 heavy (non-hydrogen) atoms. The zero-order valence-electron chi connectivity index (χ0n) is 11.5. The molecule has 0 aliphatic rings. The van der Waals surface area contributed by atoms with E-state index in [1.165, 1.54) is 17.4 Å². The van der Waals surface area contributed by atoms with Gasteiger partial charge in [0.1, 0.15) is 10.7 Å². The number of carbonyl (C=O) groups excluding carboxylic acids is 1. The largest absolute Gasteiger partial charge is 0.397 e. The van der Waals surface area contributed by atoms with Gasteiger partial charge in [-0.05, 0) is 18.6 Å². The first-order chi connectivity index (χ1) is 9.56. The van der Waals surface area contributed by atoms with Gasteiger partial charge >= 0.3 is 0 Å². The van der Waals surface area contributed by atoms with Crippen LogP contribution in [0.5, 0.6) is 0 Å². The molecule has 108 valence electrons. The number of halogens is 1. The minimum Gasteiger partial charge on any atom is -0.397 e. The van der Waals surface area contributed by atoms with Crippen LogP contribution in [0.25, 0.3) is 10.1 Å². The summed E-state index contributed by atoms with van der Waals surface area (Å²) < 4.78 is 19.4. The molecule has 0 radical (unpaired) electrons. The molecule has 0 atom stereocenters. The van der Waals surface area contributed by atoms with Gasteiger partial charge in [-0.1, -0.05) is 6.07 Å². The van der Waals surface area contributed by atoms with Crippen molar-refractivity contribution in [2.45, 2.75) is 6.42 Å². The van der Waals surface area contributed by atoms with E-state index in [1.807, 2.05) is 0 Å². The Hall–Kier alpha value is -1.66. The molecule has 1 amide bonds. The minimum absolute atomic E-state index is 0.181. The first-order valence-electron chi connectivity index (χ1n) is 6.27. The number of benzene rings is 1. The van der Waals surface area contributed by atoms with E-state index in [0.29, 0.717) is 28.1 Å². The molecule has 0 saturated heterocycles. The third-order valence-corrected chi connectivity index (χ3v) is 4.24. The Kier molecular flexibility index (Phi) is 4.57. The lowest BCUT2D eigenvalue weighted by Crippen LogP contribution is -2.28. The molecule has 2 N–H and O–H groups in total. The van der Waals surface area contributed by atoms with Crippen molar-refractivity contribution in [3.63, 3.8) is 0 Å². The number of amides is 1. The van der Waals surface area contributed by atoms with Gasteiger partial charge in [0, 0.05) is 32.0 Å². The molecule has 0 spiro atoms. The van der Waals surface area contributed by atoms with Crippen molar-refractivity contribution < 1.29 is 13.9 Å². The van der Waals surface area contributed by atoms with E-state index < -0.39 is 5.82 Å². The number of hydrogen-bond donors (Lipinski definition) is 1. The van der Waals surface area contributed by atoms with E-state index >= 15 is 0 Å². The number of fused-ring (bicyclic) bond motifs is 1. The Morgan fingerprint density at radius 1 is 1.50 bits per heavy atom. The van der Waals surface area contributed by atoms with E-state index in [-0.39, 0.29) is 11.6 Å². The molecule has 0 aliphatic carbocycles. The van der Waals surface area contributed by atoms with Crippen LogP contribution in [0.3, 0.4) is 0 Å². The summed E-state index contributed by atoms with van der Waals surface area (Å²) in [4.78, 5) is 14.3. The van der Waals surface area contributed by atoms with Gasteiger partial charge in [0.2, 0.25) is 0 Å². The fourth-order valence-electron chi connectivity index (χ4n) is 2.01. The van der Waals surface area contributed by atoms with E-state index in [1.54, 1.807) is 31.2 Å². The lowest BCUT2D eigenvalue weighted by atomic mass is 10.2. The highest BCUT2D eigenvalue weighted by Crippen LogP contribution is 2.35. The third-order valence-electron chi connectivity index (χ3n) is 3.08. The molecular formula is C14H17FN2O2S. The highest BCUT2D eigenvalue weighted by Gasteiger charge is 2.21. The number of anilines is 1. The maximum atomic E-state index is 13.8. The maximum Gasteiger partial charge on any atom is 0.265 e. The highest BCUT2D eigenvalue weighted by atomic mass is 32.1. The van der Waals surface area contributed by atoms with E-state index in [0.717, 1.165) is 6.42 Å². The van der Waals surface area contributed by atoms with E-state index in [4.69, 9.17) is 10.5 Å². The van der Waals surface area contributed by atoms with Crippen molar-refractivity contribution in [3.05, 3.63) is 28.9 Å². The van der Waals surface area contributed by atoms with Crippen molar-refractivity contribution in [2.24, 2.45) is 0 Å². The molecule has 0 unspecified atom stereocenters. The second kappa shape index (κ2) is 6.19. The fraction of sp³-hybridized carbons (Fsp3) is 0.357. The van der Waals surface area contributed by atoms with Crippen LogP contribution in [0.2, 0.25) is 0 Å². The second-order valence-corrected chi connectivity index (χ2v) is 5.58. The SMILES string of the molecule is COCCCN(C)C(=O)c1sc2cccc(F)c2c1N. The fourth-order valence-corrected chi connectivity index (χ4v) is 3.14. The summed E-state index contributed by atoms with van der Waals surface area (Å²) in [5.74, 6) is -0.573. The molecule has 0 bridgehead atoms. The van der Waals surface area contributed by atoms with Gasteiger partial charge in [-0.15, -0.1) is 11.3 Å². The van der Waals surface area contributed by atoms with Gasteiger partial charge in [-0.3, -0.25) is 4.79 Å². The first-order valence-corrected chi connectivity index (χ1v) is 7.08. The van der Waals surface area contributed by atoms with Gasteiger partial charge in [-0.2, -0.15) is 0 Å². The standard InChI is InChI=1S/C14H17FN2O2S/c1-17(7-4-8-19-2)14(18)13-12(16)11-9(15)5-3-6-10(11)20-13/h3,5-6H,4,7-8,16H2,1-2H3. The van der Waals surface area contributed by atoms with E-state index in [9.17, 15) is 9.18 Å². The number of nitrogen functional groups attached to an aromatic ring is 1. The van der Waals surface area contributed by atoms with Crippen molar-refractivity contribution in [1.29, 1.82) is 0 Å². The van der Waals surface area contributed by atoms with Crippen molar-refractivity contribution in [3.8, 4) is 0 Å². The van der Waals surface area contributed by atoms with Crippen molar-refractivity contribution in [2.75, 3.05) is 33.0 Å². The molecule has 0 fully saturated rings. The van der Waals surface area contributed by atoms with Crippen LogP contribution in [-0.2, 0) is 4.74 Å². The number of nitrogens with two attached hydrogens (primary N) is 1. The van der Waals surface area contributed by atoms with Gasteiger partial charge in [0.05, 0.1) is 11.1 Å². The monoisotopic (exact) mass is 296 g/mol. The molecule has 1 aromatic heterocycles. The lowest BCUT2D eigenvalue weighted by molar-refractivity contribution is 0.0785. The number of nitrogens with zero attached hydrogens (tertiary/aromatic N) is 1. The van der Waals surface area contributed by atoms with Gasteiger partial charge in [-0.25, -0.2) is 4.39 Å². The first kappa shape index (κ1) is 14.7. The topological polar surface area (TPSA) is 55.6 Å². The van der Waals surface area contributed by atoms with Crippen LogP contribution >= 0.6 is 11.3 Å². The summed E-state index contributed by atoms with van der Waals surface area (Å²) in [7, 11) is 3.33. The quantitative estimate of drug-likeness (QED) is 0.863. The molecule has 4 nitrogen and oxygen atoms in total. The number of thiophene rings is 1. The zero-order chi connectivity index (χ0) is 14.7. The van der Waals surface area contributed by atoms with Crippen LogP contribution in [0.4, 0.5) is 10.1 Å². The number of methoxy groups -OCH3 is 1. The summed E-state index contributed by atoms with van der Waals surface area (Å²) in [6.45, 7) is 1.16. The summed E-state index contributed by atoms with van der Waals surface area (Å²) in [5, 5.41) is 0.339. The van der Waals surface area contributed by atoms with Crippen LogP contribution in [0.15, 0.2) is 18.2 Å². The second-order valence-electron chi connectivity index (χ2n) is 4.53. The molecule has 0 saturated carbocycles. The number of rotatable bonds is 5. The Balaban J connectivity index is 2.26. The van der Waals surface area contributed by atoms with Crippen LogP contribution < -0.4 is 5.73 Å². The summed E-state index contributed by atoms with van der Waals surface area (Å²) in [6, 6.07) is 4.73. The van der Waals surface area contributed by atoms with Crippen LogP contribution in [0, 0.1) is 5.82 Å². The van der Waals surface area contributed by atoms with Crippen molar-refractivity contribution in [1.82, 2.24) is 4.90 Å². The van der Waals surface area contributed by atoms with Gasteiger partial charge in [0.25, 0.3) is 5.91 Å². The average molecular weight is 296 g/mol. The molecule has 2 aromatic rings. The Morgan fingerprint density at radius 2 is 2.25 bits per heavy atom. The Labute approximate surface area is 120 Å². The minimum atomic E-state index is -0.391. The van der Waals surface area contributed by atoms with Crippen LogP contribution in [0.1, 0.15) is 16.1 Å². The smallest absolute Gasteiger partial charge is 0.265 e. The highest BCUT2D eigenvalue weighted by molar-refractivity contribution is 7.21. The molecule has 1 heterocycles. The summed E-state index contributed by atoms with van der Waals surface area (Å²) in [6.07, 6.45) is 0.748. The van der Waals surface area contributed by atoms with Gasteiger partial charge in [0.15, 0.2) is 0 Å². The average Bonchev–Trinajstić information content (AvgIpc) is 2.76. The number of carbonyl (C=O) groups is 1. The summed E-state index contributed by atoms with van der Waals surface area (Å²) in [5.41, 5.74) is 6.16. The van der Waals surface area contributed by atoms with E-state index in [2.05, 4.69) is 0 Å². The number of ether oxygens (including phenoxy) is 1. The molecule has 1 aromatic carbocycles. The molecular weight excluding hydrogens is 279 g/mol. The zero-order valence-corrected chi connectivity index (χ0v) is 12.3. The molecule has 2 rings (SSSR count). The molecule has 0 aliphatic heterocycles. The summed E-state index contributed by atoms with van der Waals surface area (Å²) >= 11 is 1.23. The molecule has 6 heteroatoms. The maximum absolute atomic E-state index is 13.8. The third kappa shape index (κ3) is 2.76. The number of hydrogen-bond acceptors (Lipinski definition) is 4. The van der Waals surface area contributed by atoms with Gasteiger partial charge < -0.3 is 15.4 Å².